The van der Waals surface area contributed by atoms with E-state index in [1.54, 1.807) is 0 Å². The molecule has 0 bridgehead atoms. The molecule has 0 spiro atoms. The van der Waals surface area contributed by atoms with Crippen LogP contribution in [-0.2, 0) is 6.42 Å². The van der Waals surface area contributed by atoms with E-state index in [2.05, 4.69) is 30.4 Å². The molecule has 0 aliphatic heterocycles. The number of hydrogen-bond acceptors (Lipinski definition) is 4. The van der Waals surface area contributed by atoms with Gasteiger partial charge in [-0.1, -0.05) is 6.92 Å². The van der Waals surface area contributed by atoms with Crippen LogP contribution in [0.5, 0.6) is 0 Å². The average molecular weight is 309 g/mol. The number of carbonyl (C=O) groups excluding carboxylic acids is 1. The van der Waals surface area contributed by atoms with Crippen molar-refractivity contribution in [1.29, 1.82) is 0 Å². The van der Waals surface area contributed by atoms with Gasteiger partial charge in [-0.15, -0.1) is 0 Å². The minimum absolute atomic E-state index is 0.0693. The summed E-state index contributed by atoms with van der Waals surface area (Å²) in [6, 6.07) is 4.00. The van der Waals surface area contributed by atoms with Gasteiger partial charge in [0, 0.05) is 30.9 Å². The molecular formula is C16H27N3OS. The molecule has 118 valence electrons. The predicted molar refractivity (Wildman–Crippen MR) is 92.3 cm³/mol. The van der Waals surface area contributed by atoms with Gasteiger partial charge in [0.05, 0.1) is 0 Å². The normalized spacial score (nSPS) is 12.0. The number of pyridine rings is 1. The summed E-state index contributed by atoms with van der Waals surface area (Å²) in [5, 5.41) is 3.19. The Morgan fingerprint density at radius 1 is 1.43 bits per heavy atom. The first-order valence-electron chi connectivity index (χ1n) is 7.54. The van der Waals surface area contributed by atoms with Gasteiger partial charge in [-0.2, -0.15) is 11.8 Å². The summed E-state index contributed by atoms with van der Waals surface area (Å²) in [6.07, 6.45) is 3.92. The molecule has 1 atom stereocenters. The Balaban J connectivity index is 2.91. The molecule has 1 rings (SSSR count). The van der Waals surface area contributed by atoms with Crippen molar-refractivity contribution in [1.82, 2.24) is 9.88 Å². The zero-order valence-electron chi connectivity index (χ0n) is 13.8. The van der Waals surface area contributed by atoms with Crippen molar-refractivity contribution in [3.8, 4) is 0 Å². The molecule has 1 unspecified atom stereocenters. The standard InChI is InChI=1S/C16H27N3OS/c1-6-14-10-13(11-15(18-14)17-7-2)16(20)19(4)12(3)8-9-21-5/h10-12H,6-9H2,1-5H3,(H,17,18). The first-order valence-corrected chi connectivity index (χ1v) is 8.93. The van der Waals surface area contributed by atoms with Crippen LogP contribution in [-0.4, -0.2) is 47.4 Å². The van der Waals surface area contributed by atoms with E-state index in [0.29, 0.717) is 0 Å². The number of nitrogens with zero attached hydrogens (tertiary/aromatic N) is 2. The van der Waals surface area contributed by atoms with Crippen LogP contribution in [0.4, 0.5) is 5.82 Å². The first kappa shape index (κ1) is 17.8. The maximum atomic E-state index is 12.6. The smallest absolute Gasteiger partial charge is 0.254 e. The fourth-order valence-electron chi connectivity index (χ4n) is 2.05. The third kappa shape index (κ3) is 5.23. The molecule has 0 aliphatic rings. The van der Waals surface area contributed by atoms with Gasteiger partial charge in [0.2, 0.25) is 0 Å². The fourth-order valence-corrected chi connectivity index (χ4v) is 2.63. The van der Waals surface area contributed by atoms with Crippen LogP contribution in [0.25, 0.3) is 0 Å². The molecule has 0 saturated heterocycles. The van der Waals surface area contributed by atoms with Gasteiger partial charge in [-0.25, -0.2) is 4.98 Å². The number of nitrogens with one attached hydrogen (secondary N) is 1. The highest BCUT2D eigenvalue weighted by Crippen LogP contribution is 2.15. The highest BCUT2D eigenvalue weighted by Gasteiger charge is 2.18. The van der Waals surface area contributed by atoms with Gasteiger partial charge in [0.1, 0.15) is 5.82 Å². The highest BCUT2D eigenvalue weighted by atomic mass is 32.2. The molecule has 1 heterocycles. The van der Waals surface area contributed by atoms with E-state index in [9.17, 15) is 4.79 Å². The lowest BCUT2D eigenvalue weighted by Crippen LogP contribution is -2.35. The van der Waals surface area contributed by atoms with Crippen molar-refractivity contribution < 1.29 is 4.79 Å². The summed E-state index contributed by atoms with van der Waals surface area (Å²) < 4.78 is 0. The number of anilines is 1. The summed E-state index contributed by atoms with van der Waals surface area (Å²) in [5.41, 5.74) is 1.67. The SMILES string of the molecule is CCNc1cc(C(=O)N(C)C(C)CCSC)cc(CC)n1. The van der Waals surface area contributed by atoms with Gasteiger partial charge < -0.3 is 10.2 Å². The second-order valence-corrected chi connectivity index (χ2v) is 6.15. The molecule has 0 aromatic carbocycles. The van der Waals surface area contributed by atoms with Crippen molar-refractivity contribution >= 4 is 23.5 Å². The quantitative estimate of drug-likeness (QED) is 0.800. The lowest BCUT2D eigenvalue weighted by molar-refractivity contribution is 0.0741. The minimum Gasteiger partial charge on any atom is -0.370 e. The van der Waals surface area contributed by atoms with Crippen LogP contribution < -0.4 is 5.32 Å². The summed E-state index contributed by atoms with van der Waals surface area (Å²) in [4.78, 5) is 19.0. The zero-order chi connectivity index (χ0) is 15.8. The predicted octanol–water partition coefficient (Wildman–Crippen LogP) is 3.29. The van der Waals surface area contributed by atoms with Crippen molar-refractivity contribution in [2.45, 2.75) is 39.7 Å². The van der Waals surface area contributed by atoms with Crippen LogP contribution >= 0.6 is 11.8 Å². The second-order valence-electron chi connectivity index (χ2n) is 5.16. The number of aromatic nitrogens is 1. The van der Waals surface area contributed by atoms with Gasteiger partial charge in [-0.3, -0.25) is 4.79 Å². The van der Waals surface area contributed by atoms with Gasteiger partial charge in [-0.05, 0) is 50.8 Å². The van der Waals surface area contributed by atoms with Crippen LogP contribution in [0.3, 0.4) is 0 Å². The van der Waals surface area contributed by atoms with Crippen LogP contribution in [0.1, 0.15) is 43.2 Å². The van der Waals surface area contributed by atoms with E-state index >= 15 is 0 Å². The van der Waals surface area contributed by atoms with Gasteiger partial charge >= 0.3 is 0 Å². The lowest BCUT2D eigenvalue weighted by Gasteiger charge is -2.25. The molecule has 0 aliphatic carbocycles. The molecular weight excluding hydrogens is 282 g/mol. The fraction of sp³-hybridized carbons (Fsp3) is 0.625. The molecule has 1 N–H and O–H groups in total. The van der Waals surface area contributed by atoms with Gasteiger partial charge in [0.15, 0.2) is 0 Å². The van der Waals surface area contributed by atoms with Crippen molar-refractivity contribution in [3.05, 3.63) is 23.4 Å². The van der Waals surface area contributed by atoms with E-state index in [-0.39, 0.29) is 11.9 Å². The van der Waals surface area contributed by atoms with E-state index in [4.69, 9.17) is 0 Å². The topological polar surface area (TPSA) is 45.2 Å². The Morgan fingerprint density at radius 2 is 2.14 bits per heavy atom. The van der Waals surface area contributed by atoms with E-state index in [1.807, 2.05) is 42.8 Å². The number of carbonyl (C=O) groups is 1. The van der Waals surface area contributed by atoms with Crippen molar-refractivity contribution in [2.75, 3.05) is 30.9 Å². The van der Waals surface area contributed by atoms with Crippen LogP contribution in [0.2, 0.25) is 0 Å². The van der Waals surface area contributed by atoms with E-state index in [1.165, 1.54) is 0 Å². The Labute approximate surface area is 132 Å². The average Bonchev–Trinajstić information content (AvgIpc) is 2.50. The summed E-state index contributed by atoms with van der Waals surface area (Å²) in [7, 11) is 1.88. The third-order valence-corrected chi connectivity index (χ3v) is 4.21. The number of amides is 1. The Kier molecular flexibility index (Phi) is 7.57. The maximum Gasteiger partial charge on any atom is 0.254 e. The zero-order valence-corrected chi connectivity index (χ0v) is 14.6. The van der Waals surface area contributed by atoms with Gasteiger partial charge in [0.25, 0.3) is 5.91 Å². The molecule has 1 aromatic heterocycles. The first-order chi connectivity index (χ1) is 10.0. The van der Waals surface area contributed by atoms with Crippen molar-refractivity contribution in [3.63, 3.8) is 0 Å². The highest BCUT2D eigenvalue weighted by molar-refractivity contribution is 7.98. The summed E-state index contributed by atoms with van der Waals surface area (Å²) >= 11 is 1.81. The Morgan fingerprint density at radius 3 is 2.71 bits per heavy atom. The van der Waals surface area contributed by atoms with Crippen LogP contribution in [0.15, 0.2) is 12.1 Å². The molecule has 0 fully saturated rings. The summed E-state index contributed by atoms with van der Waals surface area (Å²) in [6.45, 7) is 6.98. The number of aryl methyl sites for hydroxylation is 1. The molecule has 5 heteroatoms. The third-order valence-electron chi connectivity index (χ3n) is 3.57. The maximum absolute atomic E-state index is 12.6. The van der Waals surface area contributed by atoms with Crippen LogP contribution in [0, 0.1) is 0 Å². The molecule has 1 amide bonds. The molecule has 4 nitrogen and oxygen atoms in total. The Hall–Kier alpha value is -1.23. The number of thioether (sulfide) groups is 1. The largest absolute Gasteiger partial charge is 0.370 e. The minimum atomic E-state index is 0.0693. The monoisotopic (exact) mass is 309 g/mol. The lowest BCUT2D eigenvalue weighted by atomic mass is 10.1. The molecule has 1 aromatic rings. The summed E-state index contributed by atoms with van der Waals surface area (Å²) in [5.74, 6) is 1.92. The molecule has 0 saturated carbocycles. The number of rotatable bonds is 8. The molecule has 21 heavy (non-hydrogen) atoms. The second kappa shape index (κ2) is 8.93. The van der Waals surface area contributed by atoms with E-state index < -0.39 is 0 Å². The molecule has 0 radical (unpaired) electrons. The van der Waals surface area contributed by atoms with E-state index in [0.717, 1.165) is 42.2 Å². The number of hydrogen-bond donors (Lipinski definition) is 1. The van der Waals surface area contributed by atoms with Crippen molar-refractivity contribution in [2.24, 2.45) is 0 Å². The Bertz CT molecular complexity index is 465.